The first-order valence-electron chi connectivity index (χ1n) is 6.37. The average Bonchev–Trinajstić information content (AvgIpc) is 2.82. The third-order valence-electron chi connectivity index (χ3n) is 2.09. The molecule has 9 nitrogen and oxygen atoms in total. The predicted octanol–water partition coefficient (Wildman–Crippen LogP) is 0.168. The maximum Gasteiger partial charge on any atom is 0.363 e. The van der Waals surface area contributed by atoms with Gasteiger partial charge in [0.2, 0.25) is 11.6 Å². The van der Waals surface area contributed by atoms with Crippen LogP contribution in [-0.2, 0) is 19.2 Å². The molecule has 1 aromatic rings. The van der Waals surface area contributed by atoms with Gasteiger partial charge in [0, 0.05) is 5.38 Å². The molecule has 0 unspecified atom stereocenters. The number of nitrogens with two attached hydrogens (primary N) is 2. The number of anilines is 1. The Bertz CT molecular complexity index is 564. The Kier molecular flexibility index (Phi) is 6.25. The van der Waals surface area contributed by atoms with Gasteiger partial charge in [-0.1, -0.05) is 5.16 Å². The third kappa shape index (κ3) is 6.06. The molecule has 0 aliphatic rings. The van der Waals surface area contributed by atoms with Crippen LogP contribution in [0.25, 0.3) is 0 Å². The molecule has 0 radical (unpaired) electrons. The van der Waals surface area contributed by atoms with Crippen LogP contribution in [-0.4, -0.2) is 34.8 Å². The SMILES string of the molecule is CC(C)(C)OC(=O)C(=NOCCC(=O)NN)c1csc(N)n1. The van der Waals surface area contributed by atoms with Crippen LogP contribution in [0.3, 0.4) is 0 Å². The summed E-state index contributed by atoms with van der Waals surface area (Å²) in [6.07, 6.45) is 0.000796. The highest BCUT2D eigenvalue weighted by Crippen LogP contribution is 2.15. The number of nitrogens with one attached hydrogen (secondary N) is 1. The number of nitrogens with zero attached hydrogens (tertiary/aromatic N) is 2. The molecule has 1 amide bonds. The minimum Gasteiger partial charge on any atom is -0.455 e. The molecule has 0 aliphatic carbocycles. The lowest BCUT2D eigenvalue weighted by Crippen LogP contribution is -2.31. The number of aromatic nitrogens is 1. The van der Waals surface area contributed by atoms with Crippen molar-refractivity contribution in [1.82, 2.24) is 10.4 Å². The Balaban J connectivity index is 2.83. The Hall–Kier alpha value is -2.20. The van der Waals surface area contributed by atoms with Gasteiger partial charge in [-0.3, -0.25) is 10.2 Å². The number of rotatable bonds is 6. The molecule has 22 heavy (non-hydrogen) atoms. The molecule has 1 aromatic heterocycles. The van der Waals surface area contributed by atoms with Crippen molar-refractivity contribution < 1.29 is 19.2 Å². The number of ether oxygens (including phenoxy) is 1. The summed E-state index contributed by atoms with van der Waals surface area (Å²) in [5.41, 5.74) is 6.94. The normalized spacial score (nSPS) is 11.9. The van der Waals surface area contributed by atoms with E-state index in [9.17, 15) is 9.59 Å². The highest BCUT2D eigenvalue weighted by atomic mass is 32.1. The molecule has 10 heteroatoms. The van der Waals surface area contributed by atoms with Crippen molar-refractivity contribution in [3.63, 3.8) is 0 Å². The molecule has 1 rings (SSSR count). The van der Waals surface area contributed by atoms with Crippen molar-refractivity contribution in [2.45, 2.75) is 32.8 Å². The van der Waals surface area contributed by atoms with Crippen molar-refractivity contribution in [3.8, 4) is 0 Å². The zero-order valence-electron chi connectivity index (χ0n) is 12.6. The largest absolute Gasteiger partial charge is 0.455 e. The summed E-state index contributed by atoms with van der Waals surface area (Å²) in [5.74, 6) is 3.83. The second kappa shape index (κ2) is 7.71. The van der Waals surface area contributed by atoms with Crippen LogP contribution in [0, 0.1) is 0 Å². The van der Waals surface area contributed by atoms with Gasteiger partial charge in [-0.05, 0) is 20.8 Å². The van der Waals surface area contributed by atoms with Crippen LogP contribution >= 0.6 is 11.3 Å². The summed E-state index contributed by atoms with van der Waals surface area (Å²) in [7, 11) is 0. The number of carbonyl (C=O) groups is 2. The molecule has 0 saturated carbocycles. The number of thiazole rings is 1. The maximum absolute atomic E-state index is 12.1. The Morgan fingerprint density at radius 1 is 1.45 bits per heavy atom. The van der Waals surface area contributed by atoms with Crippen molar-refractivity contribution in [1.29, 1.82) is 0 Å². The average molecular weight is 329 g/mol. The maximum atomic E-state index is 12.1. The van der Waals surface area contributed by atoms with Gasteiger partial charge in [0.1, 0.15) is 17.9 Å². The number of hydrogen-bond donors (Lipinski definition) is 3. The fourth-order valence-electron chi connectivity index (χ4n) is 1.23. The fraction of sp³-hybridized carbons (Fsp3) is 0.500. The summed E-state index contributed by atoms with van der Waals surface area (Å²) in [6.45, 7) is 5.13. The monoisotopic (exact) mass is 329 g/mol. The first kappa shape index (κ1) is 17.9. The number of nitrogen functional groups attached to an aromatic ring is 1. The van der Waals surface area contributed by atoms with E-state index in [2.05, 4.69) is 10.1 Å². The topological polar surface area (TPSA) is 142 Å². The highest BCUT2D eigenvalue weighted by Gasteiger charge is 2.25. The highest BCUT2D eigenvalue weighted by molar-refractivity contribution is 7.13. The van der Waals surface area contributed by atoms with E-state index in [0.29, 0.717) is 0 Å². The van der Waals surface area contributed by atoms with E-state index in [4.69, 9.17) is 21.2 Å². The second-order valence-corrected chi connectivity index (χ2v) is 6.05. The zero-order valence-corrected chi connectivity index (χ0v) is 13.4. The Morgan fingerprint density at radius 3 is 2.64 bits per heavy atom. The smallest absolute Gasteiger partial charge is 0.363 e. The molecule has 0 aromatic carbocycles. The molecule has 0 aliphatic heterocycles. The van der Waals surface area contributed by atoms with Crippen LogP contribution in [0.15, 0.2) is 10.5 Å². The van der Waals surface area contributed by atoms with Crippen molar-refractivity contribution in [2.24, 2.45) is 11.0 Å². The first-order chi connectivity index (χ1) is 10.2. The van der Waals surface area contributed by atoms with Crippen LogP contribution in [0.4, 0.5) is 5.13 Å². The quantitative estimate of drug-likeness (QED) is 0.169. The van der Waals surface area contributed by atoms with Gasteiger partial charge in [-0.15, -0.1) is 11.3 Å². The first-order valence-corrected chi connectivity index (χ1v) is 7.25. The van der Waals surface area contributed by atoms with E-state index in [-0.39, 0.29) is 29.6 Å². The standard InChI is InChI=1S/C12H19N5O4S/c1-12(2,3)21-10(19)9(7-6-22-11(13)15-7)17-20-5-4-8(18)16-14/h6H,4-5,14H2,1-3H3,(H2,13,15)(H,16,18). The molecule has 0 saturated heterocycles. The summed E-state index contributed by atoms with van der Waals surface area (Å²) in [5, 5.41) is 5.56. The third-order valence-corrected chi connectivity index (χ3v) is 2.77. The molecule has 0 fully saturated rings. The summed E-state index contributed by atoms with van der Waals surface area (Å²) in [6, 6.07) is 0. The van der Waals surface area contributed by atoms with Crippen LogP contribution < -0.4 is 17.0 Å². The predicted molar refractivity (Wildman–Crippen MR) is 81.8 cm³/mol. The number of amides is 1. The Labute approximate surface area is 131 Å². The molecule has 1 heterocycles. The van der Waals surface area contributed by atoms with E-state index in [1.807, 2.05) is 5.43 Å². The van der Waals surface area contributed by atoms with Crippen molar-refractivity contribution in [3.05, 3.63) is 11.1 Å². The molecule has 5 N–H and O–H groups in total. The number of hydrazine groups is 1. The minimum absolute atomic E-state index is 0.000796. The van der Waals surface area contributed by atoms with Gasteiger partial charge in [0.05, 0.1) is 6.42 Å². The van der Waals surface area contributed by atoms with Gasteiger partial charge in [-0.25, -0.2) is 15.6 Å². The van der Waals surface area contributed by atoms with Gasteiger partial charge < -0.3 is 15.3 Å². The zero-order chi connectivity index (χ0) is 16.8. The van der Waals surface area contributed by atoms with Gasteiger partial charge in [0.15, 0.2) is 5.13 Å². The molecule has 0 spiro atoms. The summed E-state index contributed by atoms with van der Waals surface area (Å²) in [4.78, 5) is 32.1. The second-order valence-electron chi connectivity index (χ2n) is 5.16. The molecular weight excluding hydrogens is 310 g/mol. The van der Waals surface area contributed by atoms with Crippen molar-refractivity contribution in [2.75, 3.05) is 12.3 Å². The van der Waals surface area contributed by atoms with E-state index in [1.54, 1.807) is 26.2 Å². The number of carbonyl (C=O) groups excluding carboxylic acids is 2. The fourth-order valence-corrected chi connectivity index (χ4v) is 1.78. The van der Waals surface area contributed by atoms with Crippen LogP contribution in [0.5, 0.6) is 0 Å². The van der Waals surface area contributed by atoms with Crippen LogP contribution in [0.1, 0.15) is 32.9 Å². The molecular formula is C12H19N5O4S. The summed E-state index contributed by atoms with van der Waals surface area (Å²) >= 11 is 1.16. The van der Waals surface area contributed by atoms with Gasteiger partial charge in [0.25, 0.3) is 0 Å². The lowest BCUT2D eigenvalue weighted by molar-refractivity contribution is -0.146. The number of hydrogen-bond acceptors (Lipinski definition) is 9. The van der Waals surface area contributed by atoms with Crippen LogP contribution in [0.2, 0.25) is 0 Å². The Morgan fingerprint density at radius 2 is 2.14 bits per heavy atom. The number of oxime groups is 1. The van der Waals surface area contributed by atoms with Gasteiger partial charge >= 0.3 is 5.97 Å². The van der Waals surface area contributed by atoms with E-state index < -0.39 is 17.5 Å². The molecule has 0 bridgehead atoms. The van der Waals surface area contributed by atoms with Crippen molar-refractivity contribution >= 4 is 34.1 Å². The minimum atomic E-state index is -0.696. The van der Waals surface area contributed by atoms with E-state index >= 15 is 0 Å². The summed E-state index contributed by atoms with van der Waals surface area (Å²) < 4.78 is 5.24. The van der Waals surface area contributed by atoms with E-state index in [1.165, 1.54) is 0 Å². The lowest BCUT2D eigenvalue weighted by Gasteiger charge is -2.19. The lowest BCUT2D eigenvalue weighted by atomic mass is 10.2. The molecule has 122 valence electrons. The number of esters is 1. The van der Waals surface area contributed by atoms with E-state index in [0.717, 1.165) is 11.3 Å². The molecule has 0 atom stereocenters. The van der Waals surface area contributed by atoms with Gasteiger partial charge in [-0.2, -0.15) is 0 Å².